The van der Waals surface area contributed by atoms with Crippen molar-refractivity contribution in [1.29, 1.82) is 0 Å². The van der Waals surface area contributed by atoms with E-state index in [9.17, 15) is 18.0 Å². The zero-order valence-corrected chi connectivity index (χ0v) is 17.9. The fourth-order valence-electron chi connectivity index (χ4n) is 4.07. The van der Waals surface area contributed by atoms with Gasteiger partial charge >= 0.3 is 6.18 Å². The minimum Gasteiger partial charge on any atom is -0.375 e. The SMILES string of the molecule is C[C@@H]1CN(c2ccc3[nH]c(-c4cc(C(=O)c5cccnc5C(F)(F)F)c[nH]4)nc3c2F)CCO1. The second-order valence-electron chi connectivity index (χ2n) is 8.04. The van der Waals surface area contributed by atoms with Gasteiger partial charge in [0.25, 0.3) is 0 Å². The minimum absolute atomic E-state index is 0.00239. The number of hydrogen-bond acceptors (Lipinski definition) is 5. The summed E-state index contributed by atoms with van der Waals surface area (Å²) in [4.78, 5) is 28.1. The number of anilines is 1. The van der Waals surface area contributed by atoms with Crippen molar-refractivity contribution in [3.05, 3.63) is 65.4 Å². The summed E-state index contributed by atoms with van der Waals surface area (Å²) in [7, 11) is 0. The molecule has 1 aliphatic heterocycles. The Morgan fingerprint density at radius 3 is 2.85 bits per heavy atom. The van der Waals surface area contributed by atoms with Crippen LogP contribution in [0, 0.1) is 5.82 Å². The summed E-state index contributed by atoms with van der Waals surface area (Å²) in [5, 5.41) is 0. The van der Waals surface area contributed by atoms with E-state index in [1.54, 1.807) is 12.1 Å². The highest BCUT2D eigenvalue weighted by molar-refractivity contribution is 6.10. The first kappa shape index (κ1) is 22.1. The van der Waals surface area contributed by atoms with E-state index in [1.807, 2.05) is 11.8 Å². The monoisotopic (exact) mass is 473 g/mol. The number of nitrogens with one attached hydrogen (secondary N) is 2. The predicted molar refractivity (Wildman–Crippen MR) is 116 cm³/mol. The topological polar surface area (TPSA) is 86.9 Å². The van der Waals surface area contributed by atoms with Crippen LogP contribution in [0.2, 0.25) is 0 Å². The van der Waals surface area contributed by atoms with Crippen LogP contribution in [-0.2, 0) is 10.9 Å². The summed E-state index contributed by atoms with van der Waals surface area (Å²) in [5.74, 6) is -1.07. The number of ether oxygens (including phenoxy) is 1. The first-order valence-corrected chi connectivity index (χ1v) is 10.5. The summed E-state index contributed by atoms with van der Waals surface area (Å²) in [6.45, 7) is 3.52. The van der Waals surface area contributed by atoms with Crippen LogP contribution in [0.15, 0.2) is 42.7 Å². The number of rotatable bonds is 4. The Morgan fingerprint density at radius 2 is 2.09 bits per heavy atom. The number of alkyl halides is 3. The molecular weight excluding hydrogens is 454 g/mol. The average molecular weight is 473 g/mol. The molecule has 2 N–H and O–H groups in total. The number of aromatic nitrogens is 4. The van der Waals surface area contributed by atoms with Crippen molar-refractivity contribution in [2.75, 3.05) is 24.6 Å². The van der Waals surface area contributed by atoms with Gasteiger partial charge in [-0.2, -0.15) is 13.2 Å². The molecule has 0 aliphatic carbocycles. The number of ketones is 1. The van der Waals surface area contributed by atoms with Crippen LogP contribution in [0.4, 0.5) is 23.2 Å². The number of pyridine rings is 1. The lowest BCUT2D eigenvalue weighted by molar-refractivity contribution is -0.141. The quantitative estimate of drug-likeness (QED) is 0.335. The predicted octanol–water partition coefficient (Wildman–Crippen LogP) is 4.57. The van der Waals surface area contributed by atoms with Gasteiger partial charge in [-0.05, 0) is 37.3 Å². The van der Waals surface area contributed by atoms with Gasteiger partial charge in [0.1, 0.15) is 5.52 Å². The molecule has 176 valence electrons. The molecule has 0 saturated carbocycles. The standard InChI is InChI=1S/C23H19F4N5O2/c1-12-11-32(7-8-34-12)17-5-4-15-19(18(17)24)31-22(30-15)16-9-13(10-29-16)20(33)14-3-2-6-28-21(14)23(25,26)27/h2-6,9-10,12,29H,7-8,11H2,1H3,(H,30,31)/t12-/m1/s1. The van der Waals surface area contributed by atoms with Crippen LogP contribution in [0.5, 0.6) is 0 Å². The van der Waals surface area contributed by atoms with Crippen LogP contribution < -0.4 is 4.90 Å². The number of fused-ring (bicyclic) bond motifs is 1. The molecular formula is C23H19F4N5O2. The van der Waals surface area contributed by atoms with E-state index in [1.165, 1.54) is 18.3 Å². The Bertz CT molecular complexity index is 1380. The van der Waals surface area contributed by atoms with Gasteiger partial charge in [0.15, 0.2) is 23.1 Å². The molecule has 0 bridgehead atoms. The number of benzene rings is 1. The summed E-state index contributed by atoms with van der Waals surface area (Å²) in [5.41, 5.74) is -0.485. The summed E-state index contributed by atoms with van der Waals surface area (Å²) < 4.78 is 60.6. The maximum absolute atomic E-state index is 15.3. The Morgan fingerprint density at radius 1 is 1.26 bits per heavy atom. The minimum atomic E-state index is -4.77. The molecule has 0 radical (unpaired) electrons. The van der Waals surface area contributed by atoms with Crippen molar-refractivity contribution >= 4 is 22.5 Å². The molecule has 5 rings (SSSR count). The summed E-state index contributed by atoms with van der Waals surface area (Å²) in [6, 6.07) is 7.10. The Balaban J connectivity index is 1.47. The molecule has 1 saturated heterocycles. The molecule has 7 nitrogen and oxygen atoms in total. The second-order valence-corrected chi connectivity index (χ2v) is 8.04. The maximum Gasteiger partial charge on any atom is 0.434 e. The molecule has 1 fully saturated rings. The fourth-order valence-corrected chi connectivity index (χ4v) is 4.07. The third-order valence-electron chi connectivity index (χ3n) is 5.68. The third kappa shape index (κ3) is 3.92. The van der Waals surface area contributed by atoms with Gasteiger partial charge in [0.05, 0.1) is 35.2 Å². The molecule has 1 aromatic carbocycles. The van der Waals surface area contributed by atoms with E-state index in [0.29, 0.717) is 36.6 Å². The zero-order valence-electron chi connectivity index (χ0n) is 17.9. The fraction of sp³-hybridized carbons (Fsp3) is 0.261. The van der Waals surface area contributed by atoms with Crippen LogP contribution in [0.3, 0.4) is 0 Å². The van der Waals surface area contributed by atoms with E-state index in [4.69, 9.17) is 4.74 Å². The first-order chi connectivity index (χ1) is 16.2. The van der Waals surface area contributed by atoms with E-state index in [-0.39, 0.29) is 23.0 Å². The lowest BCUT2D eigenvalue weighted by atomic mass is 10.0. The third-order valence-corrected chi connectivity index (χ3v) is 5.68. The number of halogens is 4. The van der Waals surface area contributed by atoms with Gasteiger partial charge < -0.3 is 19.6 Å². The van der Waals surface area contributed by atoms with Gasteiger partial charge in [-0.15, -0.1) is 0 Å². The molecule has 4 heterocycles. The van der Waals surface area contributed by atoms with Crippen molar-refractivity contribution in [2.24, 2.45) is 0 Å². The lowest BCUT2D eigenvalue weighted by Gasteiger charge is -2.33. The van der Waals surface area contributed by atoms with Crippen molar-refractivity contribution in [1.82, 2.24) is 19.9 Å². The molecule has 11 heteroatoms. The van der Waals surface area contributed by atoms with Gasteiger partial charge in [-0.25, -0.2) is 9.37 Å². The zero-order chi connectivity index (χ0) is 24.0. The molecule has 0 spiro atoms. The maximum atomic E-state index is 15.3. The van der Waals surface area contributed by atoms with E-state index in [0.717, 1.165) is 12.3 Å². The van der Waals surface area contributed by atoms with E-state index < -0.39 is 29.0 Å². The van der Waals surface area contributed by atoms with Crippen molar-refractivity contribution in [2.45, 2.75) is 19.2 Å². The number of aromatic amines is 2. The number of carbonyl (C=O) groups excluding carboxylic acids is 1. The van der Waals surface area contributed by atoms with Gasteiger partial charge in [0.2, 0.25) is 0 Å². The van der Waals surface area contributed by atoms with Gasteiger partial charge in [-0.1, -0.05) is 0 Å². The molecule has 1 aliphatic rings. The van der Waals surface area contributed by atoms with Crippen LogP contribution in [0.25, 0.3) is 22.6 Å². The van der Waals surface area contributed by atoms with Gasteiger partial charge in [0, 0.05) is 31.0 Å². The number of imidazole rings is 1. The van der Waals surface area contributed by atoms with Crippen LogP contribution in [0.1, 0.15) is 28.5 Å². The van der Waals surface area contributed by atoms with Crippen LogP contribution >= 0.6 is 0 Å². The van der Waals surface area contributed by atoms with E-state index in [2.05, 4.69) is 19.9 Å². The highest BCUT2D eigenvalue weighted by Gasteiger charge is 2.37. The highest BCUT2D eigenvalue weighted by atomic mass is 19.4. The molecule has 0 unspecified atom stereocenters. The number of carbonyl (C=O) groups is 1. The Hall–Kier alpha value is -3.73. The number of hydrogen-bond donors (Lipinski definition) is 2. The van der Waals surface area contributed by atoms with Crippen molar-refractivity contribution < 1.29 is 27.1 Å². The average Bonchev–Trinajstić information content (AvgIpc) is 3.46. The normalized spacial score (nSPS) is 16.9. The molecule has 1 atom stereocenters. The van der Waals surface area contributed by atoms with Crippen molar-refractivity contribution in [3.8, 4) is 11.5 Å². The molecule has 0 amide bonds. The number of nitrogens with zero attached hydrogens (tertiary/aromatic N) is 3. The second kappa shape index (κ2) is 8.24. The number of H-pyrrole nitrogens is 2. The Kier molecular flexibility index (Phi) is 5.35. The molecule has 34 heavy (non-hydrogen) atoms. The van der Waals surface area contributed by atoms with E-state index >= 15 is 4.39 Å². The highest BCUT2D eigenvalue weighted by Crippen LogP contribution is 2.32. The summed E-state index contributed by atoms with van der Waals surface area (Å²) >= 11 is 0. The lowest BCUT2D eigenvalue weighted by Crippen LogP contribution is -2.41. The summed E-state index contributed by atoms with van der Waals surface area (Å²) in [6.07, 6.45) is -2.52. The first-order valence-electron chi connectivity index (χ1n) is 10.5. The smallest absolute Gasteiger partial charge is 0.375 e. The molecule has 4 aromatic rings. The Labute approximate surface area is 190 Å². The largest absolute Gasteiger partial charge is 0.434 e. The molecule has 3 aromatic heterocycles. The number of morpholine rings is 1. The van der Waals surface area contributed by atoms with Gasteiger partial charge in [-0.3, -0.25) is 9.78 Å². The van der Waals surface area contributed by atoms with Crippen LogP contribution in [-0.4, -0.2) is 51.5 Å². The van der Waals surface area contributed by atoms with Crippen molar-refractivity contribution in [3.63, 3.8) is 0 Å².